The summed E-state index contributed by atoms with van der Waals surface area (Å²) >= 11 is 0. The summed E-state index contributed by atoms with van der Waals surface area (Å²) in [6.45, 7) is 6.47. The SMILES string of the molecule is CCCc1nc(N)c(C)c(N2CCC3(CCCC3)CC2)n1. The minimum Gasteiger partial charge on any atom is -0.383 e. The van der Waals surface area contributed by atoms with Crippen molar-refractivity contribution < 1.29 is 0 Å². The number of nitrogen functional groups attached to an aromatic ring is 1. The van der Waals surface area contributed by atoms with Crippen molar-refractivity contribution in [1.29, 1.82) is 0 Å². The van der Waals surface area contributed by atoms with E-state index in [0.717, 1.165) is 43.1 Å². The predicted molar refractivity (Wildman–Crippen MR) is 87.5 cm³/mol. The topological polar surface area (TPSA) is 55.0 Å². The summed E-state index contributed by atoms with van der Waals surface area (Å²) in [5.74, 6) is 2.64. The monoisotopic (exact) mass is 288 g/mol. The Bertz CT molecular complexity index is 496. The molecule has 0 unspecified atom stereocenters. The maximum Gasteiger partial charge on any atom is 0.137 e. The lowest BCUT2D eigenvalue weighted by atomic mass is 9.77. The number of hydrogen-bond acceptors (Lipinski definition) is 4. The van der Waals surface area contributed by atoms with E-state index in [1.54, 1.807) is 0 Å². The van der Waals surface area contributed by atoms with Gasteiger partial charge in [-0.05, 0) is 44.4 Å². The van der Waals surface area contributed by atoms with Crippen LogP contribution in [-0.2, 0) is 6.42 Å². The Morgan fingerprint density at radius 1 is 1.10 bits per heavy atom. The van der Waals surface area contributed by atoms with Gasteiger partial charge in [0.1, 0.15) is 17.5 Å². The molecule has 0 amide bonds. The molecule has 1 aliphatic carbocycles. The van der Waals surface area contributed by atoms with Gasteiger partial charge >= 0.3 is 0 Å². The van der Waals surface area contributed by atoms with Crippen LogP contribution < -0.4 is 10.6 Å². The van der Waals surface area contributed by atoms with Crippen molar-refractivity contribution in [3.63, 3.8) is 0 Å². The molecular formula is C17H28N4. The summed E-state index contributed by atoms with van der Waals surface area (Å²) in [5.41, 5.74) is 7.80. The van der Waals surface area contributed by atoms with Gasteiger partial charge in [-0.1, -0.05) is 19.8 Å². The summed E-state index contributed by atoms with van der Waals surface area (Å²) in [4.78, 5) is 11.7. The van der Waals surface area contributed by atoms with Crippen LogP contribution in [0.1, 0.15) is 63.3 Å². The van der Waals surface area contributed by atoms with Crippen LogP contribution in [-0.4, -0.2) is 23.1 Å². The summed E-state index contributed by atoms with van der Waals surface area (Å²) < 4.78 is 0. The number of aromatic nitrogens is 2. The Balaban J connectivity index is 1.78. The van der Waals surface area contributed by atoms with Crippen LogP contribution in [0.3, 0.4) is 0 Å². The van der Waals surface area contributed by atoms with Crippen LogP contribution in [0.4, 0.5) is 11.6 Å². The first-order chi connectivity index (χ1) is 10.1. The Hall–Kier alpha value is -1.32. The lowest BCUT2D eigenvalue weighted by molar-refractivity contribution is 0.226. The zero-order chi connectivity index (χ0) is 14.9. The van der Waals surface area contributed by atoms with E-state index in [2.05, 4.69) is 23.7 Å². The van der Waals surface area contributed by atoms with E-state index in [9.17, 15) is 0 Å². The Morgan fingerprint density at radius 3 is 2.38 bits per heavy atom. The van der Waals surface area contributed by atoms with Crippen LogP contribution in [0, 0.1) is 12.3 Å². The molecule has 1 spiro atoms. The summed E-state index contributed by atoms with van der Waals surface area (Å²) in [6, 6.07) is 0. The third-order valence-corrected chi connectivity index (χ3v) is 5.47. The van der Waals surface area contributed by atoms with Crippen LogP contribution >= 0.6 is 0 Å². The van der Waals surface area contributed by atoms with Gasteiger partial charge in [0, 0.05) is 25.1 Å². The molecule has 0 atom stereocenters. The third-order valence-electron chi connectivity index (χ3n) is 5.47. The van der Waals surface area contributed by atoms with Crippen LogP contribution in [0.25, 0.3) is 0 Å². The quantitative estimate of drug-likeness (QED) is 0.925. The molecule has 1 aromatic heterocycles. The first-order valence-corrected chi connectivity index (χ1v) is 8.51. The van der Waals surface area contributed by atoms with Gasteiger partial charge in [0.25, 0.3) is 0 Å². The smallest absolute Gasteiger partial charge is 0.137 e. The number of piperidine rings is 1. The van der Waals surface area contributed by atoms with Crippen molar-refractivity contribution in [3.05, 3.63) is 11.4 Å². The minimum absolute atomic E-state index is 0.648. The van der Waals surface area contributed by atoms with Gasteiger partial charge in [0.2, 0.25) is 0 Å². The largest absolute Gasteiger partial charge is 0.383 e. The number of nitrogens with zero attached hydrogens (tertiary/aromatic N) is 3. The molecule has 0 bridgehead atoms. The highest BCUT2D eigenvalue weighted by Gasteiger charge is 2.37. The highest BCUT2D eigenvalue weighted by Crippen LogP contribution is 2.46. The average molecular weight is 288 g/mol. The lowest BCUT2D eigenvalue weighted by Crippen LogP contribution is -2.39. The van der Waals surface area contributed by atoms with Gasteiger partial charge in [0.05, 0.1) is 0 Å². The number of anilines is 2. The van der Waals surface area contributed by atoms with Crippen LogP contribution in [0.15, 0.2) is 0 Å². The standard InChI is InChI=1S/C17H28N4/c1-3-6-14-19-15(18)13(2)16(20-14)21-11-9-17(10-12-21)7-4-5-8-17/h3-12H2,1-2H3,(H2,18,19,20). The van der Waals surface area contributed by atoms with Crippen LogP contribution in [0.5, 0.6) is 0 Å². The molecule has 1 saturated heterocycles. The predicted octanol–water partition coefficient (Wildman–Crippen LogP) is 3.48. The highest BCUT2D eigenvalue weighted by molar-refractivity contribution is 5.56. The van der Waals surface area contributed by atoms with E-state index < -0.39 is 0 Å². The fraction of sp³-hybridized carbons (Fsp3) is 0.765. The second kappa shape index (κ2) is 5.82. The molecule has 1 aliphatic heterocycles. The Labute approximate surface area is 128 Å². The lowest BCUT2D eigenvalue weighted by Gasteiger charge is -2.40. The molecule has 0 aromatic carbocycles. The van der Waals surface area contributed by atoms with Crippen molar-refractivity contribution in [2.45, 2.75) is 65.2 Å². The fourth-order valence-electron chi connectivity index (χ4n) is 4.03. The molecule has 2 aliphatic rings. The first kappa shape index (κ1) is 14.6. The number of nitrogens with two attached hydrogens (primary N) is 1. The van der Waals surface area contributed by atoms with Crippen molar-refractivity contribution in [2.24, 2.45) is 5.41 Å². The Kier molecular flexibility index (Phi) is 4.05. The Morgan fingerprint density at radius 2 is 1.76 bits per heavy atom. The summed E-state index contributed by atoms with van der Waals surface area (Å²) in [7, 11) is 0. The molecule has 0 radical (unpaired) electrons. The normalized spacial score (nSPS) is 21.1. The van der Waals surface area contributed by atoms with Gasteiger partial charge in [0.15, 0.2) is 0 Å². The van der Waals surface area contributed by atoms with Gasteiger partial charge in [-0.25, -0.2) is 9.97 Å². The summed E-state index contributed by atoms with van der Waals surface area (Å²) in [6.07, 6.45) is 10.3. The van der Waals surface area contributed by atoms with Gasteiger partial charge in [-0.15, -0.1) is 0 Å². The molecule has 21 heavy (non-hydrogen) atoms. The second-order valence-electron chi connectivity index (χ2n) is 6.92. The fourth-order valence-corrected chi connectivity index (χ4v) is 4.03. The average Bonchev–Trinajstić information content (AvgIpc) is 2.92. The van der Waals surface area contributed by atoms with Gasteiger partial charge in [-0.3, -0.25) is 0 Å². The second-order valence-corrected chi connectivity index (χ2v) is 6.92. The zero-order valence-corrected chi connectivity index (χ0v) is 13.5. The van der Waals surface area contributed by atoms with Crippen molar-refractivity contribution >= 4 is 11.6 Å². The molecule has 4 heteroatoms. The van der Waals surface area contributed by atoms with E-state index in [1.807, 2.05) is 0 Å². The van der Waals surface area contributed by atoms with E-state index in [-0.39, 0.29) is 0 Å². The number of rotatable bonds is 3. The molecule has 2 heterocycles. The molecule has 4 nitrogen and oxygen atoms in total. The molecule has 2 N–H and O–H groups in total. The maximum atomic E-state index is 6.10. The van der Waals surface area contributed by atoms with E-state index >= 15 is 0 Å². The van der Waals surface area contributed by atoms with Gasteiger partial charge in [-0.2, -0.15) is 0 Å². The van der Waals surface area contributed by atoms with E-state index in [0.29, 0.717) is 11.2 Å². The third kappa shape index (κ3) is 2.85. The first-order valence-electron chi connectivity index (χ1n) is 8.51. The maximum absolute atomic E-state index is 6.10. The van der Waals surface area contributed by atoms with E-state index in [4.69, 9.17) is 10.7 Å². The molecular weight excluding hydrogens is 260 g/mol. The molecule has 1 saturated carbocycles. The molecule has 3 rings (SSSR count). The zero-order valence-electron chi connectivity index (χ0n) is 13.5. The number of hydrogen-bond donors (Lipinski definition) is 1. The van der Waals surface area contributed by atoms with Crippen LogP contribution in [0.2, 0.25) is 0 Å². The van der Waals surface area contributed by atoms with Gasteiger partial charge < -0.3 is 10.6 Å². The molecule has 116 valence electrons. The van der Waals surface area contributed by atoms with E-state index in [1.165, 1.54) is 38.5 Å². The number of aryl methyl sites for hydroxylation is 1. The highest BCUT2D eigenvalue weighted by atomic mass is 15.2. The van der Waals surface area contributed by atoms with Crippen molar-refractivity contribution in [2.75, 3.05) is 23.7 Å². The van der Waals surface area contributed by atoms with Crippen molar-refractivity contribution in [3.8, 4) is 0 Å². The van der Waals surface area contributed by atoms with Crippen molar-refractivity contribution in [1.82, 2.24) is 9.97 Å². The molecule has 2 fully saturated rings. The summed E-state index contributed by atoms with van der Waals surface area (Å²) in [5, 5.41) is 0. The molecule has 1 aromatic rings. The minimum atomic E-state index is 0.648.